The third-order valence-electron chi connectivity index (χ3n) is 5.72. The highest BCUT2D eigenvalue weighted by Crippen LogP contribution is 2.35. The lowest BCUT2D eigenvalue weighted by atomic mass is 10.1. The monoisotopic (exact) mass is 500 g/mol. The molecule has 11 nitrogen and oxygen atoms in total. The number of H-pyrrole nitrogens is 1. The third-order valence-corrected chi connectivity index (χ3v) is 5.72. The first-order chi connectivity index (χ1) is 16.4. The van der Waals surface area contributed by atoms with Gasteiger partial charge in [-0.05, 0) is 39.7 Å². The van der Waals surface area contributed by atoms with Crippen LogP contribution in [0.3, 0.4) is 0 Å². The van der Waals surface area contributed by atoms with Gasteiger partial charge >= 0.3 is 12.5 Å². The summed E-state index contributed by atoms with van der Waals surface area (Å²) in [6, 6.07) is 2.54. The summed E-state index contributed by atoms with van der Waals surface area (Å²) < 4.78 is 53.3. The topological polar surface area (TPSA) is 132 Å². The van der Waals surface area contributed by atoms with Gasteiger partial charge in [-0.2, -0.15) is 10.2 Å². The fourth-order valence-corrected chi connectivity index (χ4v) is 3.62. The van der Waals surface area contributed by atoms with Crippen molar-refractivity contribution in [3.63, 3.8) is 0 Å². The van der Waals surface area contributed by atoms with Crippen molar-refractivity contribution in [3.05, 3.63) is 29.2 Å². The molecule has 2 aromatic heterocycles. The van der Waals surface area contributed by atoms with Crippen LogP contribution in [0.25, 0.3) is 0 Å². The number of aromatic nitrogens is 4. The average molecular weight is 500 g/mol. The Bertz CT molecular complexity index is 1080. The second-order valence-corrected chi connectivity index (χ2v) is 9.23. The molecule has 14 heteroatoms. The average Bonchev–Trinajstić information content (AvgIpc) is 3.19. The number of anilines is 1. The molecule has 2 aliphatic rings. The summed E-state index contributed by atoms with van der Waals surface area (Å²) in [6.45, 7) is 4.85. The third kappa shape index (κ3) is 6.51. The second-order valence-electron chi connectivity index (χ2n) is 9.23. The van der Waals surface area contributed by atoms with E-state index in [2.05, 4.69) is 30.7 Å². The van der Waals surface area contributed by atoms with Gasteiger partial charge in [-0.1, -0.05) is 0 Å². The van der Waals surface area contributed by atoms with Gasteiger partial charge < -0.3 is 20.1 Å². The van der Waals surface area contributed by atoms with E-state index in [1.807, 2.05) is 6.92 Å². The first-order valence-corrected chi connectivity index (χ1v) is 11.2. The van der Waals surface area contributed by atoms with Crippen LogP contribution >= 0.6 is 0 Å². The van der Waals surface area contributed by atoms with E-state index in [-0.39, 0.29) is 35.4 Å². The highest BCUT2D eigenvalue weighted by Gasteiger charge is 2.40. The maximum atomic E-state index is 12.8. The van der Waals surface area contributed by atoms with Gasteiger partial charge in [-0.25, -0.2) is 4.79 Å². The minimum absolute atomic E-state index is 0.0333. The van der Waals surface area contributed by atoms with Gasteiger partial charge in [0.15, 0.2) is 5.82 Å². The summed E-state index contributed by atoms with van der Waals surface area (Å²) in [5, 5.41) is 16.3. The minimum atomic E-state index is -4.80. The summed E-state index contributed by atoms with van der Waals surface area (Å²) >= 11 is 0. The van der Waals surface area contributed by atoms with Crippen LogP contribution in [0.2, 0.25) is 0 Å². The van der Waals surface area contributed by atoms with Gasteiger partial charge in [-0.3, -0.25) is 19.3 Å². The molecule has 35 heavy (non-hydrogen) atoms. The van der Waals surface area contributed by atoms with Gasteiger partial charge in [0.25, 0.3) is 5.91 Å². The Morgan fingerprint density at radius 3 is 2.74 bits per heavy atom. The van der Waals surface area contributed by atoms with Crippen molar-refractivity contribution in [2.24, 2.45) is 0 Å². The van der Waals surface area contributed by atoms with Gasteiger partial charge in [0.1, 0.15) is 24.5 Å². The molecular formula is C21H27F3N6O5. The zero-order valence-corrected chi connectivity index (χ0v) is 19.4. The molecule has 1 saturated heterocycles. The number of carbonyl (C=O) groups is 2. The predicted octanol–water partition coefficient (Wildman–Crippen LogP) is 3.58. The standard InChI is InChI=1S/C21H27F3N6O5/c1-11(2)30-15(6-12(29-30)9-34-21(22,23)24)18(31)25-17-8-14(27-28-17)16-7-13(10-33-16)35-19(32)26-20(3)4-5-20/h6,8,11,13,16H,4-5,7,9-10H2,1-3H3,(H,26,32)(H2,25,27,28,31)/t13-,16-/m1/s1. The number of nitrogens with one attached hydrogen (secondary N) is 3. The fourth-order valence-electron chi connectivity index (χ4n) is 3.62. The number of halogens is 3. The number of alkyl carbamates (subject to hydrolysis) is 1. The molecule has 1 aliphatic carbocycles. The Morgan fingerprint density at radius 1 is 1.34 bits per heavy atom. The van der Waals surface area contributed by atoms with Crippen molar-refractivity contribution in [2.75, 3.05) is 11.9 Å². The number of ether oxygens (including phenoxy) is 3. The number of hydrogen-bond donors (Lipinski definition) is 3. The molecule has 192 valence electrons. The quantitative estimate of drug-likeness (QED) is 0.505. The van der Waals surface area contributed by atoms with E-state index in [9.17, 15) is 22.8 Å². The molecule has 1 saturated carbocycles. The molecule has 1 aliphatic heterocycles. The van der Waals surface area contributed by atoms with Crippen LogP contribution in [0.5, 0.6) is 0 Å². The summed E-state index contributed by atoms with van der Waals surface area (Å²) in [5.41, 5.74) is 0.432. The van der Waals surface area contributed by atoms with Crippen molar-refractivity contribution in [1.82, 2.24) is 25.3 Å². The highest BCUT2D eigenvalue weighted by atomic mass is 19.4. The van der Waals surface area contributed by atoms with Crippen LogP contribution in [-0.4, -0.2) is 56.6 Å². The molecular weight excluding hydrogens is 473 g/mol. The Labute approximate surface area is 198 Å². The second kappa shape index (κ2) is 9.49. The van der Waals surface area contributed by atoms with Crippen molar-refractivity contribution >= 4 is 17.8 Å². The van der Waals surface area contributed by atoms with Crippen LogP contribution in [0, 0.1) is 0 Å². The van der Waals surface area contributed by atoms with Gasteiger partial charge in [0.2, 0.25) is 0 Å². The van der Waals surface area contributed by atoms with E-state index in [0.29, 0.717) is 12.1 Å². The normalized spacial score (nSPS) is 21.2. The zero-order valence-electron chi connectivity index (χ0n) is 19.4. The van der Waals surface area contributed by atoms with Crippen molar-refractivity contribution < 1.29 is 37.0 Å². The summed E-state index contributed by atoms with van der Waals surface area (Å²) in [4.78, 5) is 24.8. The summed E-state index contributed by atoms with van der Waals surface area (Å²) in [5.74, 6) is -0.400. The predicted molar refractivity (Wildman–Crippen MR) is 114 cm³/mol. The lowest BCUT2D eigenvalue weighted by Gasteiger charge is -2.15. The van der Waals surface area contributed by atoms with Gasteiger partial charge in [-0.15, -0.1) is 13.2 Å². The number of alkyl halides is 3. The molecule has 2 aromatic rings. The van der Waals surface area contributed by atoms with Crippen LogP contribution < -0.4 is 10.6 Å². The molecule has 0 unspecified atom stereocenters. The highest BCUT2D eigenvalue weighted by molar-refractivity contribution is 6.02. The van der Waals surface area contributed by atoms with Crippen LogP contribution in [0.1, 0.15) is 74.1 Å². The molecule has 0 radical (unpaired) electrons. The number of nitrogens with zero attached hydrogens (tertiary/aromatic N) is 3. The van der Waals surface area contributed by atoms with Crippen molar-refractivity contribution in [1.29, 1.82) is 0 Å². The lowest BCUT2D eigenvalue weighted by Crippen LogP contribution is -2.37. The molecule has 2 amide bonds. The molecule has 2 fully saturated rings. The SMILES string of the molecule is CC(C)n1nc(COC(F)(F)F)cc1C(=O)Nc1cc([C@H]2C[C@@H](OC(=O)NC3(C)CC3)CO2)[nH]n1. The number of hydrogen-bond acceptors (Lipinski definition) is 7. The largest absolute Gasteiger partial charge is 0.522 e. The van der Waals surface area contributed by atoms with E-state index in [4.69, 9.17) is 9.47 Å². The first kappa shape index (κ1) is 25.0. The molecule has 0 bridgehead atoms. The molecule has 3 heterocycles. The van der Waals surface area contributed by atoms with E-state index in [0.717, 1.165) is 12.8 Å². The minimum Gasteiger partial charge on any atom is -0.444 e. The Kier molecular flexibility index (Phi) is 6.77. The number of amides is 2. The molecule has 4 rings (SSSR count). The van der Waals surface area contributed by atoms with Gasteiger partial charge in [0.05, 0.1) is 18.0 Å². The number of carbonyl (C=O) groups excluding carboxylic acids is 2. The van der Waals surface area contributed by atoms with Crippen LogP contribution in [-0.2, 0) is 20.8 Å². The first-order valence-electron chi connectivity index (χ1n) is 11.2. The number of rotatable bonds is 8. The van der Waals surface area contributed by atoms with Crippen molar-refractivity contribution in [3.8, 4) is 0 Å². The molecule has 3 N–H and O–H groups in total. The lowest BCUT2D eigenvalue weighted by molar-refractivity contribution is -0.330. The van der Waals surface area contributed by atoms with E-state index in [1.165, 1.54) is 10.7 Å². The van der Waals surface area contributed by atoms with Crippen LogP contribution in [0.4, 0.5) is 23.8 Å². The van der Waals surface area contributed by atoms with E-state index >= 15 is 0 Å². The zero-order chi connectivity index (χ0) is 25.4. The van der Waals surface area contributed by atoms with E-state index < -0.39 is 37.2 Å². The Morgan fingerprint density at radius 2 is 2.09 bits per heavy atom. The molecule has 0 spiro atoms. The van der Waals surface area contributed by atoms with Crippen LogP contribution in [0.15, 0.2) is 12.1 Å². The molecule has 2 atom stereocenters. The number of aromatic amines is 1. The maximum absolute atomic E-state index is 12.8. The Balaban J connectivity index is 1.34. The summed E-state index contributed by atoms with van der Waals surface area (Å²) in [6.07, 6.45) is -3.83. The Hall–Kier alpha value is -3.13. The molecule has 0 aromatic carbocycles. The fraction of sp³-hybridized carbons (Fsp3) is 0.619. The summed E-state index contributed by atoms with van der Waals surface area (Å²) in [7, 11) is 0. The van der Waals surface area contributed by atoms with Crippen molar-refractivity contribution in [2.45, 2.75) is 76.8 Å². The van der Waals surface area contributed by atoms with E-state index in [1.54, 1.807) is 19.9 Å². The van der Waals surface area contributed by atoms with Gasteiger partial charge in [0, 0.05) is 24.1 Å². The maximum Gasteiger partial charge on any atom is 0.522 e. The smallest absolute Gasteiger partial charge is 0.444 e.